The maximum Gasteiger partial charge on any atom is 0.315 e. The van der Waals surface area contributed by atoms with Gasteiger partial charge in [0.2, 0.25) is 0 Å². The number of carbonyl (C=O) groups excluding carboxylic acids is 1. The van der Waals surface area contributed by atoms with Crippen molar-refractivity contribution in [1.29, 1.82) is 0 Å². The number of rotatable bonds is 7. The van der Waals surface area contributed by atoms with Gasteiger partial charge in [-0.25, -0.2) is 0 Å². The van der Waals surface area contributed by atoms with Crippen molar-refractivity contribution in [3.8, 4) is 5.75 Å². The van der Waals surface area contributed by atoms with E-state index in [1.807, 2.05) is 37.3 Å². The Morgan fingerprint density at radius 2 is 2.07 bits per heavy atom. The molecule has 0 radical (unpaired) electrons. The van der Waals surface area contributed by atoms with E-state index >= 15 is 0 Å². The number of carbonyl (C=O) groups is 1. The summed E-state index contributed by atoms with van der Waals surface area (Å²) >= 11 is 0. The molecule has 0 amide bonds. The molecule has 7 heteroatoms. The molecule has 1 heterocycles. The van der Waals surface area contributed by atoms with Gasteiger partial charge in [0, 0.05) is 24.7 Å². The first kappa shape index (κ1) is 19.8. The molecular formula is C21H25N3O4. The van der Waals surface area contributed by atoms with Crippen molar-refractivity contribution in [1.82, 2.24) is 5.32 Å². The zero-order chi connectivity index (χ0) is 19.9. The lowest BCUT2D eigenvalue weighted by molar-refractivity contribution is -0.384. The molecule has 1 unspecified atom stereocenters. The summed E-state index contributed by atoms with van der Waals surface area (Å²) < 4.78 is 5.66. The lowest BCUT2D eigenvalue weighted by Crippen LogP contribution is -2.36. The van der Waals surface area contributed by atoms with Crippen LogP contribution in [0.4, 0.5) is 11.4 Å². The van der Waals surface area contributed by atoms with Crippen LogP contribution < -0.4 is 15.4 Å². The molecular weight excluding hydrogens is 358 g/mol. The average molecular weight is 383 g/mol. The van der Waals surface area contributed by atoms with Crippen LogP contribution in [-0.2, 0) is 17.8 Å². The minimum absolute atomic E-state index is 0.0214. The Morgan fingerprint density at radius 3 is 2.71 bits per heavy atom. The standard InChI is InChI=1S/C21H25N3O4/c1-2-17-19(28-21(25)16-9-6-12-22-14-16)11-10-18(24(26)27)20(17)23-13-15-7-4-3-5-8-15/h3-5,7-8,10-11,16,22-23H,2,6,9,12-14H2,1H3. The zero-order valence-electron chi connectivity index (χ0n) is 15.9. The van der Waals surface area contributed by atoms with E-state index in [-0.39, 0.29) is 17.6 Å². The van der Waals surface area contributed by atoms with Gasteiger partial charge in [-0.05, 0) is 37.4 Å². The van der Waals surface area contributed by atoms with Crippen molar-refractivity contribution in [3.05, 3.63) is 63.7 Å². The Kier molecular flexibility index (Phi) is 6.60. The van der Waals surface area contributed by atoms with Gasteiger partial charge in [0.05, 0.1) is 10.8 Å². The van der Waals surface area contributed by atoms with E-state index in [9.17, 15) is 14.9 Å². The van der Waals surface area contributed by atoms with Crippen molar-refractivity contribution in [2.75, 3.05) is 18.4 Å². The fourth-order valence-electron chi connectivity index (χ4n) is 3.44. The van der Waals surface area contributed by atoms with Crippen LogP contribution in [0.1, 0.15) is 30.9 Å². The number of ether oxygens (including phenoxy) is 1. The normalized spacial score (nSPS) is 16.4. The smallest absolute Gasteiger partial charge is 0.315 e. The molecule has 0 aliphatic carbocycles. The van der Waals surface area contributed by atoms with Gasteiger partial charge >= 0.3 is 5.97 Å². The number of nitro benzene ring substituents is 1. The minimum atomic E-state index is -0.414. The van der Waals surface area contributed by atoms with Gasteiger partial charge in [-0.3, -0.25) is 14.9 Å². The Bertz CT molecular complexity index is 833. The summed E-state index contributed by atoms with van der Waals surface area (Å²) in [5.41, 5.74) is 2.03. The summed E-state index contributed by atoms with van der Waals surface area (Å²) in [5.74, 6) is -0.0848. The Morgan fingerprint density at radius 1 is 1.29 bits per heavy atom. The van der Waals surface area contributed by atoms with Crippen LogP contribution in [0.2, 0.25) is 0 Å². The van der Waals surface area contributed by atoms with E-state index in [2.05, 4.69) is 10.6 Å². The second kappa shape index (κ2) is 9.32. The molecule has 28 heavy (non-hydrogen) atoms. The first-order chi connectivity index (χ1) is 13.6. The fraction of sp³-hybridized carbons (Fsp3) is 0.381. The summed E-state index contributed by atoms with van der Waals surface area (Å²) in [6.07, 6.45) is 2.23. The zero-order valence-corrected chi connectivity index (χ0v) is 15.9. The number of piperidine rings is 1. The van der Waals surface area contributed by atoms with Crippen molar-refractivity contribution in [2.24, 2.45) is 5.92 Å². The largest absolute Gasteiger partial charge is 0.426 e. The Labute approximate surface area is 164 Å². The molecule has 1 aliphatic heterocycles. The van der Waals surface area contributed by atoms with Crippen LogP contribution in [0.15, 0.2) is 42.5 Å². The number of esters is 1. The van der Waals surface area contributed by atoms with E-state index in [0.29, 0.717) is 36.5 Å². The number of nitrogens with zero attached hydrogens (tertiary/aromatic N) is 1. The number of anilines is 1. The second-order valence-electron chi connectivity index (χ2n) is 6.85. The van der Waals surface area contributed by atoms with Crippen LogP contribution in [0.25, 0.3) is 0 Å². The highest BCUT2D eigenvalue weighted by Gasteiger charge is 2.26. The van der Waals surface area contributed by atoms with Gasteiger partial charge in [-0.1, -0.05) is 37.3 Å². The molecule has 2 aromatic carbocycles. The molecule has 1 aliphatic rings. The number of nitrogens with one attached hydrogen (secondary N) is 2. The molecule has 1 saturated heterocycles. The van der Waals surface area contributed by atoms with E-state index in [4.69, 9.17) is 4.74 Å². The molecule has 0 spiro atoms. The molecule has 1 atom stereocenters. The van der Waals surface area contributed by atoms with Crippen molar-refractivity contribution >= 4 is 17.3 Å². The lowest BCUT2D eigenvalue weighted by Gasteiger charge is -2.22. The summed E-state index contributed by atoms with van der Waals surface area (Å²) in [5, 5.41) is 17.9. The summed E-state index contributed by atoms with van der Waals surface area (Å²) in [6, 6.07) is 12.6. The average Bonchev–Trinajstić information content (AvgIpc) is 2.73. The SMILES string of the molecule is CCc1c(OC(=O)C2CCCNC2)ccc([N+](=O)[O-])c1NCc1ccccc1. The van der Waals surface area contributed by atoms with E-state index < -0.39 is 4.92 Å². The van der Waals surface area contributed by atoms with Crippen molar-refractivity contribution < 1.29 is 14.5 Å². The molecule has 3 rings (SSSR count). The van der Waals surface area contributed by atoms with E-state index in [1.165, 1.54) is 12.1 Å². The summed E-state index contributed by atoms with van der Waals surface area (Å²) in [4.78, 5) is 23.6. The number of nitro groups is 1. The third-order valence-corrected chi connectivity index (χ3v) is 4.95. The molecule has 0 aromatic heterocycles. The quantitative estimate of drug-likeness (QED) is 0.328. The van der Waals surface area contributed by atoms with Crippen LogP contribution in [0.3, 0.4) is 0 Å². The van der Waals surface area contributed by atoms with Crippen LogP contribution in [0.5, 0.6) is 5.75 Å². The minimum Gasteiger partial charge on any atom is -0.426 e. The number of hydrogen-bond acceptors (Lipinski definition) is 6. The first-order valence-corrected chi connectivity index (χ1v) is 9.60. The van der Waals surface area contributed by atoms with Crippen LogP contribution in [-0.4, -0.2) is 24.0 Å². The highest BCUT2D eigenvalue weighted by molar-refractivity contribution is 5.78. The number of hydrogen-bond donors (Lipinski definition) is 2. The molecule has 1 fully saturated rings. The maximum atomic E-state index is 12.5. The van der Waals surface area contributed by atoms with Crippen molar-refractivity contribution in [2.45, 2.75) is 32.7 Å². The molecule has 148 valence electrons. The van der Waals surface area contributed by atoms with Gasteiger partial charge in [0.1, 0.15) is 11.4 Å². The molecule has 2 aromatic rings. The van der Waals surface area contributed by atoms with Gasteiger partial charge < -0.3 is 15.4 Å². The Balaban J connectivity index is 1.86. The van der Waals surface area contributed by atoms with Gasteiger partial charge in [0.25, 0.3) is 5.69 Å². The highest BCUT2D eigenvalue weighted by atomic mass is 16.6. The molecule has 2 N–H and O–H groups in total. The van der Waals surface area contributed by atoms with Gasteiger partial charge in [0.15, 0.2) is 0 Å². The monoisotopic (exact) mass is 383 g/mol. The fourth-order valence-corrected chi connectivity index (χ4v) is 3.44. The first-order valence-electron chi connectivity index (χ1n) is 9.60. The summed E-state index contributed by atoms with van der Waals surface area (Å²) in [6.45, 7) is 3.85. The predicted octanol–water partition coefficient (Wildman–Crippen LogP) is 3.67. The van der Waals surface area contributed by atoms with Crippen molar-refractivity contribution in [3.63, 3.8) is 0 Å². The lowest BCUT2D eigenvalue weighted by atomic mass is 10.00. The van der Waals surface area contributed by atoms with Gasteiger partial charge in [-0.15, -0.1) is 0 Å². The van der Waals surface area contributed by atoms with Crippen LogP contribution in [0, 0.1) is 16.0 Å². The topological polar surface area (TPSA) is 93.5 Å². The Hall–Kier alpha value is -2.93. The molecule has 0 saturated carbocycles. The van der Waals surface area contributed by atoms with Gasteiger partial charge in [-0.2, -0.15) is 0 Å². The van der Waals surface area contributed by atoms with E-state index in [1.54, 1.807) is 0 Å². The van der Waals surface area contributed by atoms with E-state index in [0.717, 1.165) is 24.9 Å². The highest BCUT2D eigenvalue weighted by Crippen LogP contribution is 2.36. The third kappa shape index (κ3) is 4.67. The maximum absolute atomic E-state index is 12.5. The molecule has 0 bridgehead atoms. The van der Waals surface area contributed by atoms with Crippen LogP contribution >= 0.6 is 0 Å². The predicted molar refractivity (Wildman–Crippen MR) is 107 cm³/mol. The number of benzene rings is 2. The second-order valence-corrected chi connectivity index (χ2v) is 6.85. The third-order valence-electron chi connectivity index (χ3n) is 4.95. The molecule has 7 nitrogen and oxygen atoms in total. The summed E-state index contributed by atoms with van der Waals surface area (Å²) in [7, 11) is 0.